The van der Waals surface area contributed by atoms with Crippen molar-refractivity contribution in [3.63, 3.8) is 0 Å². The second-order valence-corrected chi connectivity index (χ2v) is 7.31. The molecule has 2 amide bonds. The third-order valence-electron chi connectivity index (χ3n) is 4.64. The topological polar surface area (TPSA) is 67.4 Å². The molecular weight excluding hydrogens is 376 g/mol. The van der Waals surface area contributed by atoms with Crippen LogP contribution < -0.4 is 15.4 Å². The molecule has 0 bridgehead atoms. The second kappa shape index (κ2) is 9.74. The lowest BCUT2D eigenvalue weighted by molar-refractivity contribution is -0.114. The number of benzene rings is 3. The minimum Gasteiger partial charge on any atom is -0.489 e. The molecule has 30 heavy (non-hydrogen) atoms. The Hall–Kier alpha value is -3.60. The maximum absolute atomic E-state index is 12.7. The summed E-state index contributed by atoms with van der Waals surface area (Å²) < 4.78 is 5.86. The van der Waals surface area contributed by atoms with Crippen molar-refractivity contribution in [1.82, 2.24) is 5.32 Å². The van der Waals surface area contributed by atoms with E-state index in [1.54, 1.807) is 12.1 Å². The van der Waals surface area contributed by atoms with Gasteiger partial charge < -0.3 is 15.4 Å². The molecule has 3 aromatic rings. The minimum atomic E-state index is -0.219. The van der Waals surface area contributed by atoms with Gasteiger partial charge in [0.25, 0.3) is 5.91 Å². The number of carbonyl (C=O) groups is 2. The van der Waals surface area contributed by atoms with E-state index < -0.39 is 0 Å². The maximum Gasteiger partial charge on any atom is 0.251 e. The maximum atomic E-state index is 12.7. The van der Waals surface area contributed by atoms with Crippen molar-refractivity contribution >= 4 is 17.5 Å². The molecule has 0 aliphatic heterocycles. The van der Waals surface area contributed by atoms with Crippen molar-refractivity contribution < 1.29 is 14.3 Å². The summed E-state index contributed by atoms with van der Waals surface area (Å²) in [6.07, 6.45) is 0. The van der Waals surface area contributed by atoms with Gasteiger partial charge in [0.15, 0.2) is 0 Å². The molecule has 2 N–H and O–H groups in total. The van der Waals surface area contributed by atoms with Crippen LogP contribution >= 0.6 is 0 Å². The van der Waals surface area contributed by atoms with Crippen LogP contribution in [0.25, 0.3) is 0 Å². The van der Waals surface area contributed by atoms with E-state index in [-0.39, 0.29) is 17.9 Å². The molecule has 0 aromatic heterocycles. The molecule has 154 valence electrons. The molecule has 0 fully saturated rings. The molecule has 0 saturated heterocycles. The lowest BCUT2D eigenvalue weighted by Gasteiger charge is -2.16. The summed E-state index contributed by atoms with van der Waals surface area (Å²) in [6.45, 7) is 5.86. The Morgan fingerprint density at radius 3 is 2.50 bits per heavy atom. The van der Waals surface area contributed by atoms with Crippen LogP contribution in [0, 0.1) is 6.92 Å². The molecule has 0 heterocycles. The summed E-state index contributed by atoms with van der Waals surface area (Å²) in [5.41, 5.74) is 4.40. The molecule has 3 rings (SSSR count). The van der Waals surface area contributed by atoms with Gasteiger partial charge in [0, 0.05) is 18.2 Å². The van der Waals surface area contributed by atoms with Crippen molar-refractivity contribution in [1.29, 1.82) is 0 Å². The number of aryl methyl sites for hydroxylation is 1. The predicted octanol–water partition coefficient (Wildman–Crippen LogP) is 5.02. The predicted molar refractivity (Wildman–Crippen MR) is 119 cm³/mol. The number of rotatable bonds is 7. The molecule has 0 spiro atoms. The summed E-state index contributed by atoms with van der Waals surface area (Å²) in [5, 5.41) is 5.75. The van der Waals surface area contributed by atoms with Gasteiger partial charge in [-0.25, -0.2) is 0 Å². The first-order chi connectivity index (χ1) is 14.4. The lowest BCUT2D eigenvalue weighted by atomic mass is 10.1. The first kappa shape index (κ1) is 21.1. The van der Waals surface area contributed by atoms with E-state index in [0.29, 0.717) is 23.6 Å². The first-order valence-corrected chi connectivity index (χ1v) is 9.87. The van der Waals surface area contributed by atoms with E-state index in [1.165, 1.54) is 12.5 Å². The van der Waals surface area contributed by atoms with Gasteiger partial charge in [0.2, 0.25) is 5.91 Å². The fourth-order valence-electron chi connectivity index (χ4n) is 3.15. The number of ether oxygens (including phenoxy) is 1. The van der Waals surface area contributed by atoms with Crippen LogP contribution in [0.4, 0.5) is 5.69 Å². The Bertz CT molecular complexity index is 1050. The number of anilines is 1. The summed E-state index contributed by atoms with van der Waals surface area (Å²) >= 11 is 0. The SMILES string of the molecule is CC(=O)Nc1cccc(C(C)NC(=O)c2cccc(OCc3cccc(C)c3)c2)c1. The fourth-order valence-corrected chi connectivity index (χ4v) is 3.15. The van der Waals surface area contributed by atoms with Gasteiger partial charge in [0.05, 0.1) is 6.04 Å². The van der Waals surface area contributed by atoms with Crippen LogP contribution in [-0.4, -0.2) is 11.8 Å². The normalized spacial score (nSPS) is 11.4. The van der Waals surface area contributed by atoms with Gasteiger partial charge in [-0.1, -0.05) is 48.0 Å². The highest BCUT2D eigenvalue weighted by molar-refractivity contribution is 5.95. The number of amides is 2. The van der Waals surface area contributed by atoms with E-state index in [2.05, 4.69) is 16.7 Å². The van der Waals surface area contributed by atoms with Gasteiger partial charge in [-0.2, -0.15) is 0 Å². The highest BCUT2D eigenvalue weighted by Gasteiger charge is 2.13. The van der Waals surface area contributed by atoms with Crippen molar-refractivity contribution in [3.8, 4) is 5.75 Å². The van der Waals surface area contributed by atoms with E-state index in [0.717, 1.165) is 11.1 Å². The van der Waals surface area contributed by atoms with E-state index in [1.807, 2.05) is 68.4 Å². The first-order valence-electron chi connectivity index (χ1n) is 9.87. The summed E-state index contributed by atoms with van der Waals surface area (Å²) in [5.74, 6) is 0.323. The van der Waals surface area contributed by atoms with Crippen molar-refractivity contribution in [3.05, 3.63) is 95.1 Å². The molecule has 0 aliphatic carbocycles. The lowest BCUT2D eigenvalue weighted by Crippen LogP contribution is -2.26. The van der Waals surface area contributed by atoms with Crippen LogP contribution in [-0.2, 0) is 11.4 Å². The second-order valence-electron chi connectivity index (χ2n) is 7.31. The average Bonchev–Trinajstić information content (AvgIpc) is 2.72. The molecule has 0 saturated carbocycles. The van der Waals surface area contributed by atoms with Crippen molar-refractivity contribution in [2.45, 2.75) is 33.4 Å². The number of hydrogen-bond donors (Lipinski definition) is 2. The Labute approximate surface area is 177 Å². The van der Waals surface area contributed by atoms with Crippen LogP contribution in [0.15, 0.2) is 72.8 Å². The van der Waals surface area contributed by atoms with Gasteiger partial charge in [0.1, 0.15) is 12.4 Å². The largest absolute Gasteiger partial charge is 0.489 e. The quantitative estimate of drug-likeness (QED) is 0.583. The molecule has 1 atom stereocenters. The molecule has 0 radical (unpaired) electrons. The highest BCUT2D eigenvalue weighted by atomic mass is 16.5. The zero-order chi connectivity index (χ0) is 21.5. The monoisotopic (exact) mass is 402 g/mol. The summed E-state index contributed by atoms with van der Waals surface area (Å²) in [7, 11) is 0. The van der Waals surface area contributed by atoms with Crippen LogP contribution in [0.5, 0.6) is 5.75 Å². The summed E-state index contributed by atoms with van der Waals surface area (Å²) in [6, 6.07) is 22.5. The molecule has 0 aliphatic rings. The van der Waals surface area contributed by atoms with Gasteiger partial charge in [-0.05, 0) is 55.3 Å². The Morgan fingerprint density at radius 1 is 0.967 bits per heavy atom. The van der Waals surface area contributed by atoms with E-state index >= 15 is 0 Å². The Kier molecular flexibility index (Phi) is 6.86. The number of nitrogens with one attached hydrogen (secondary N) is 2. The third-order valence-corrected chi connectivity index (χ3v) is 4.64. The van der Waals surface area contributed by atoms with Crippen LogP contribution in [0.1, 0.15) is 46.9 Å². The highest BCUT2D eigenvalue weighted by Crippen LogP contribution is 2.20. The Morgan fingerprint density at radius 2 is 1.73 bits per heavy atom. The average molecular weight is 402 g/mol. The van der Waals surface area contributed by atoms with Crippen LogP contribution in [0.3, 0.4) is 0 Å². The smallest absolute Gasteiger partial charge is 0.251 e. The molecule has 1 unspecified atom stereocenters. The van der Waals surface area contributed by atoms with E-state index in [9.17, 15) is 9.59 Å². The standard InChI is InChI=1S/C25H26N2O3/c1-17-7-4-8-20(13-17)16-30-24-12-6-10-22(15-24)25(29)26-18(2)21-9-5-11-23(14-21)27-19(3)28/h4-15,18H,16H2,1-3H3,(H,26,29)(H,27,28). The van der Waals surface area contributed by atoms with E-state index in [4.69, 9.17) is 4.74 Å². The molecule has 3 aromatic carbocycles. The van der Waals surface area contributed by atoms with Gasteiger partial charge >= 0.3 is 0 Å². The van der Waals surface area contributed by atoms with Gasteiger partial charge in [-0.3, -0.25) is 9.59 Å². The third kappa shape index (κ3) is 5.95. The van der Waals surface area contributed by atoms with Gasteiger partial charge in [-0.15, -0.1) is 0 Å². The zero-order valence-electron chi connectivity index (χ0n) is 17.4. The Balaban J connectivity index is 1.64. The number of hydrogen-bond acceptors (Lipinski definition) is 3. The minimum absolute atomic E-state index is 0.133. The fraction of sp³-hybridized carbons (Fsp3) is 0.200. The van der Waals surface area contributed by atoms with Crippen LogP contribution in [0.2, 0.25) is 0 Å². The van der Waals surface area contributed by atoms with Crippen molar-refractivity contribution in [2.24, 2.45) is 0 Å². The van der Waals surface area contributed by atoms with Crippen molar-refractivity contribution in [2.75, 3.05) is 5.32 Å². The molecule has 5 heteroatoms. The number of carbonyl (C=O) groups excluding carboxylic acids is 2. The zero-order valence-corrected chi connectivity index (χ0v) is 17.4. The summed E-state index contributed by atoms with van der Waals surface area (Å²) in [4.78, 5) is 24.0. The molecule has 5 nitrogen and oxygen atoms in total. The molecular formula is C25H26N2O3.